The zero-order valence-electron chi connectivity index (χ0n) is 18.5. The lowest BCUT2D eigenvalue weighted by molar-refractivity contribution is -0.138. The van der Waals surface area contributed by atoms with Gasteiger partial charge in [0, 0.05) is 24.9 Å². The first-order valence-corrected chi connectivity index (χ1v) is 11.3. The summed E-state index contributed by atoms with van der Waals surface area (Å²) in [5, 5.41) is 0. The molecule has 3 heterocycles. The highest BCUT2D eigenvalue weighted by molar-refractivity contribution is 6.22. The van der Waals surface area contributed by atoms with Crippen LogP contribution in [-0.2, 0) is 11.8 Å². The number of hydrogen-bond acceptors (Lipinski definition) is 4. The number of methoxy groups -OCH3 is 1. The first-order chi connectivity index (χ1) is 16.7. The van der Waals surface area contributed by atoms with Crippen molar-refractivity contribution < 1.29 is 32.2 Å². The molecule has 3 aromatic rings. The molecule has 1 aromatic heterocycles. The number of aldehydes is 1. The Bertz CT molecular complexity index is 1320. The molecule has 0 aliphatic carbocycles. The third-order valence-electron chi connectivity index (χ3n) is 6.52. The molecule has 2 aliphatic rings. The summed E-state index contributed by atoms with van der Waals surface area (Å²) in [6.07, 6.45) is -3.25. The highest BCUT2D eigenvalue weighted by Gasteiger charge is 2.48. The monoisotopic (exact) mass is 504 g/mol. The van der Waals surface area contributed by atoms with Gasteiger partial charge in [0.15, 0.2) is 11.9 Å². The van der Waals surface area contributed by atoms with E-state index >= 15 is 0 Å². The molecule has 0 bridgehead atoms. The number of nitrogens with zero attached hydrogens (tertiary/aromatic N) is 2. The van der Waals surface area contributed by atoms with E-state index in [-0.39, 0.29) is 18.5 Å². The zero-order valence-corrected chi connectivity index (χ0v) is 19.3. The van der Waals surface area contributed by atoms with E-state index in [0.29, 0.717) is 17.9 Å². The summed E-state index contributed by atoms with van der Waals surface area (Å²) in [5.41, 5.74) is -0.643. The molecule has 2 unspecified atom stereocenters. The van der Waals surface area contributed by atoms with Crippen molar-refractivity contribution in [1.82, 2.24) is 9.47 Å². The number of hydrogen-bond donors (Lipinski definition) is 0. The summed E-state index contributed by atoms with van der Waals surface area (Å²) >= 11 is 6.70. The van der Waals surface area contributed by atoms with Crippen molar-refractivity contribution >= 4 is 23.8 Å². The number of halogens is 4. The van der Waals surface area contributed by atoms with Crippen LogP contribution in [0.3, 0.4) is 0 Å². The van der Waals surface area contributed by atoms with Gasteiger partial charge in [-0.2, -0.15) is 13.2 Å². The second-order valence-corrected chi connectivity index (χ2v) is 8.96. The van der Waals surface area contributed by atoms with E-state index in [1.54, 1.807) is 6.07 Å². The van der Waals surface area contributed by atoms with Crippen molar-refractivity contribution in [3.8, 4) is 17.2 Å². The van der Waals surface area contributed by atoms with Gasteiger partial charge in [0.2, 0.25) is 0 Å². The molecule has 1 spiro atoms. The Morgan fingerprint density at radius 3 is 2.66 bits per heavy atom. The van der Waals surface area contributed by atoms with E-state index in [4.69, 9.17) is 21.1 Å². The number of carbonyl (C=O) groups excluding carboxylic acids is 2. The zero-order chi connectivity index (χ0) is 25.0. The number of aromatic nitrogens is 1. The predicted molar refractivity (Wildman–Crippen MR) is 121 cm³/mol. The van der Waals surface area contributed by atoms with Gasteiger partial charge in [0.25, 0.3) is 5.91 Å². The van der Waals surface area contributed by atoms with Crippen LogP contribution >= 0.6 is 11.6 Å². The number of para-hydroxylation sites is 2. The number of ether oxygens (including phenoxy) is 2. The number of alkyl halides is 4. The minimum absolute atomic E-state index is 0.0398. The van der Waals surface area contributed by atoms with Crippen LogP contribution in [0.5, 0.6) is 11.5 Å². The van der Waals surface area contributed by atoms with Crippen LogP contribution in [0.4, 0.5) is 13.2 Å². The molecule has 2 aromatic carbocycles. The molecule has 1 saturated heterocycles. The maximum Gasteiger partial charge on any atom is 0.419 e. The molecule has 0 saturated carbocycles. The Morgan fingerprint density at radius 1 is 1.20 bits per heavy atom. The number of rotatable bonds is 3. The van der Waals surface area contributed by atoms with Crippen molar-refractivity contribution in [2.75, 3.05) is 13.7 Å². The summed E-state index contributed by atoms with van der Waals surface area (Å²) in [6.45, 7) is 0.195. The number of benzene rings is 2. The fourth-order valence-electron chi connectivity index (χ4n) is 4.86. The molecule has 6 nitrogen and oxygen atoms in total. The lowest BCUT2D eigenvalue weighted by Gasteiger charge is -2.47. The van der Waals surface area contributed by atoms with Crippen LogP contribution in [0.2, 0.25) is 0 Å². The number of carbonyl (C=O) groups is 2. The van der Waals surface area contributed by atoms with Crippen LogP contribution in [0.15, 0.2) is 54.6 Å². The van der Waals surface area contributed by atoms with Crippen molar-refractivity contribution in [2.24, 2.45) is 0 Å². The Labute approximate surface area is 203 Å². The molecule has 2 aliphatic heterocycles. The third kappa shape index (κ3) is 3.74. The van der Waals surface area contributed by atoms with Gasteiger partial charge in [-0.15, -0.1) is 0 Å². The minimum Gasteiger partial charge on any atom is -0.496 e. The van der Waals surface area contributed by atoms with Gasteiger partial charge in [0.1, 0.15) is 17.0 Å². The number of amides is 1. The molecule has 35 heavy (non-hydrogen) atoms. The number of piperidine rings is 1. The molecule has 182 valence electrons. The normalized spacial score (nSPS) is 21.2. The van der Waals surface area contributed by atoms with E-state index < -0.39 is 34.5 Å². The maximum atomic E-state index is 13.2. The summed E-state index contributed by atoms with van der Waals surface area (Å²) in [4.78, 5) is 26.3. The predicted octanol–water partition coefficient (Wildman–Crippen LogP) is 5.41. The van der Waals surface area contributed by atoms with Crippen LogP contribution in [-0.4, -0.2) is 40.8 Å². The van der Waals surface area contributed by atoms with E-state index in [0.717, 1.165) is 43.0 Å². The van der Waals surface area contributed by atoms with Gasteiger partial charge in [-0.05, 0) is 42.5 Å². The van der Waals surface area contributed by atoms with Gasteiger partial charge in [0.05, 0.1) is 29.7 Å². The average molecular weight is 505 g/mol. The molecular weight excluding hydrogens is 485 g/mol. The number of fused-ring (bicyclic) bond motifs is 4. The first kappa shape index (κ1) is 23.3. The third-order valence-corrected chi connectivity index (χ3v) is 6.91. The summed E-state index contributed by atoms with van der Waals surface area (Å²) in [5.74, 6) is -0.350. The minimum atomic E-state index is -4.61. The Kier molecular flexibility index (Phi) is 5.55. The quantitative estimate of drug-likeness (QED) is 0.272. The van der Waals surface area contributed by atoms with Crippen LogP contribution in [0.1, 0.15) is 44.9 Å². The van der Waals surface area contributed by atoms with Gasteiger partial charge in [-0.3, -0.25) is 9.59 Å². The van der Waals surface area contributed by atoms with E-state index in [2.05, 4.69) is 0 Å². The van der Waals surface area contributed by atoms with Crippen LogP contribution in [0, 0.1) is 0 Å². The van der Waals surface area contributed by atoms with Crippen molar-refractivity contribution in [2.45, 2.75) is 30.1 Å². The summed E-state index contributed by atoms with van der Waals surface area (Å²) in [7, 11) is 1.12. The summed E-state index contributed by atoms with van der Waals surface area (Å²) in [6, 6.07) is 13.9. The molecule has 2 atom stereocenters. The van der Waals surface area contributed by atoms with E-state index in [1.807, 2.05) is 34.9 Å². The topological polar surface area (TPSA) is 60.8 Å². The maximum absolute atomic E-state index is 13.2. The second-order valence-electron chi connectivity index (χ2n) is 8.46. The Morgan fingerprint density at radius 2 is 1.97 bits per heavy atom. The molecule has 1 fully saturated rings. The molecule has 5 rings (SSSR count). The summed E-state index contributed by atoms with van der Waals surface area (Å²) < 4.78 is 52.8. The lowest BCUT2D eigenvalue weighted by atomic mass is 9.86. The lowest BCUT2D eigenvalue weighted by Crippen LogP contribution is -2.53. The average Bonchev–Trinajstić information content (AvgIpc) is 3.28. The number of likely N-dealkylation sites (tertiary alicyclic amines) is 1. The second kappa shape index (κ2) is 8.34. The van der Waals surface area contributed by atoms with Crippen LogP contribution in [0.25, 0.3) is 5.69 Å². The van der Waals surface area contributed by atoms with Gasteiger partial charge in [-0.1, -0.05) is 23.7 Å². The molecule has 10 heteroatoms. The molecule has 1 amide bonds. The van der Waals surface area contributed by atoms with Crippen LogP contribution < -0.4 is 9.47 Å². The van der Waals surface area contributed by atoms with Gasteiger partial charge < -0.3 is 18.9 Å². The van der Waals surface area contributed by atoms with Crippen molar-refractivity contribution in [1.29, 1.82) is 0 Å². The standard InChI is InChI=1S/C25H20ClF3N2O4/c1-34-20-12-15(6-8-17(20)25(27,28)29)23(33)30-11-10-24(13-22(30)26)21-9-7-16(14-32)31(21)18-4-2-3-5-19(18)35-24/h2-9,12,14,22H,10-11,13H2,1H3. The molecule has 0 radical (unpaired) electrons. The smallest absolute Gasteiger partial charge is 0.419 e. The van der Waals surface area contributed by atoms with Gasteiger partial charge >= 0.3 is 6.18 Å². The largest absolute Gasteiger partial charge is 0.496 e. The first-order valence-electron chi connectivity index (χ1n) is 10.8. The van der Waals surface area contributed by atoms with Crippen molar-refractivity contribution in [3.63, 3.8) is 0 Å². The Hall–Kier alpha value is -3.46. The molecule has 0 N–H and O–H groups in total. The SMILES string of the molecule is COc1cc(C(=O)N2CCC3(CC2Cl)Oc2ccccc2-n2c(C=O)ccc23)ccc1C(F)(F)F. The highest BCUT2D eigenvalue weighted by Crippen LogP contribution is 2.48. The fourth-order valence-corrected chi connectivity index (χ4v) is 5.30. The molecular formula is C25H20ClF3N2O4. The Balaban J connectivity index is 1.45. The highest BCUT2D eigenvalue weighted by atomic mass is 35.5. The fraction of sp³-hybridized carbons (Fsp3) is 0.280. The van der Waals surface area contributed by atoms with Gasteiger partial charge in [-0.25, -0.2) is 0 Å². The van der Waals surface area contributed by atoms with Crippen molar-refractivity contribution in [3.05, 3.63) is 77.1 Å². The van der Waals surface area contributed by atoms with E-state index in [1.165, 1.54) is 4.90 Å². The van der Waals surface area contributed by atoms with E-state index in [9.17, 15) is 22.8 Å².